The van der Waals surface area contributed by atoms with E-state index in [0.717, 1.165) is 22.9 Å². The third-order valence-electron chi connectivity index (χ3n) is 5.11. The predicted octanol–water partition coefficient (Wildman–Crippen LogP) is 5.19. The summed E-state index contributed by atoms with van der Waals surface area (Å²) in [5, 5.41) is 6.12. The van der Waals surface area contributed by atoms with Crippen molar-refractivity contribution < 1.29 is 17.6 Å². The van der Waals surface area contributed by atoms with E-state index in [4.69, 9.17) is 5.73 Å². The molecule has 2 aromatic carbocycles. The zero-order valence-corrected chi connectivity index (χ0v) is 16.4. The number of para-hydroxylation sites is 1. The topological polar surface area (TPSA) is 63.0 Å². The highest BCUT2D eigenvalue weighted by molar-refractivity contribution is 5.83. The van der Waals surface area contributed by atoms with E-state index in [9.17, 15) is 17.6 Å². The maximum Gasteiger partial charge on any atom is 0.433 e. The van der Waals surface area contributed by atoms with Crippen LogP contribution < -0.4 is 16.4 Å². The molecule has 4 rings (SSSR count). The van der Waals surface area contributed by atoms with Crippen molar-refractivity contribution >= 4 is 17.1 Å². The van der Waals surface area contributed by atoms with E-state index >= 15 is 0 Å². The zero-order chi connectivity index (χ0) is 22.0. The second-order valence-corrected chi connectivity index (χ2v) is 7.24. The zero-order valence-electron chi connectivity index (χ0n) is 16.4. The molecule has 2 heterocycles. The molecule has 0 saturated heterocycles. The standard InChI is InChI=1S/C23H20F4N4/c24-16-7-5-14(6-8-16)11-12-29-22-17(9-10-20(31-22)23(25,26)27)18-13-15-3-1-2-4-19(15)30-21(18)28/h1-10,30H,11-13,28H2,(H,29,31). The van der Waals surface area contributed by atoms with Crippen molar-refractivity contribution in [2.75, 3.05) is 17.2 Å². The molecule has 0 atom stereocenters. The smallest absolute Gasteiger partial charge is 0.385 e. The van der Waals surface area contributed by atoms with Gasteiger partial charge in [-0.2, -0.15) is 13.2 Å². The summed E-state index contributed by atoms with van der Waals surface area (Å²) in [6.45, 7) is 0.324. The molecule has 0 spiro atoms. The first-order valence-corrected chi connectivity index (χ1v) is 9.72. The Hall–Kier alpha value is -3.55. The van der Waals surface area contributed by atoms with Gasteiger partial charge in [-0.25, -0.2) is 9.37 Å². The number of allylic oxidation sites excluding steroid dienone is 1. The molecule has 0 saturated carbocycles. The second kappa shape index (κ2) is 8.29. The van der Waals surface area contributed by atoms with Crippen LogP contribution in [0.25, 0.3) is 5.57 Å². The molecule has 4 N–H and O–H groups in total. The van der Waals surface area contributed by atoms with Crippen LogP contribution in [0.4, 0.5) is 29.1 Å². The lowest BCUT2D eigenvalue weighted by molar-refractivity contribution is -0.141. The molecule has 160 valence electrons. The minimum absolute atomic E-state index is 0.107. The fourth-order valence-electron chi connectivity index (χ4n) is 3.51. The van der Waals surface area contributed by atoms with Crippen molar-refractivity contribution in [2.24, 2.45) is 5.73 Å². The molecule has 3 aromatic rings. The fraction of sp³-hybridized carbons (Fsp3) is 0.174. The average Bonchev–Trinajstić information content (AvgIpc) is 2.74. The molecule has 1 aromatic heterocycles. The van der Waals surface area contributed by atoms with Crippen LogP contribution in [-0.4, -0.2) is 11.5 Å². The van der Waals surface area contributed by atoms with Crippen molar-refractivity contribution in [3.8, 4) is 0 Å². The number of hydrogen-bond acceptors (Lipinski definition) is 4. The number of pyridine rings is 1. The number of aromatic nitrogens is 1. The van der Waals surface area contributed by atoms with Crippen LogP contribution >= 0.6 is 0 Å². The number of hydrogen-bond donors (Lipinski definition) is 3. The van der Waals surface area contributed by atoms with Gasteiger partial charge in [-0.1, -0.05) is 30.3 Å². The first kappa shape index (κ1) is 20.7. The molecule has 31 heavy (non-hydrogen) atoms. The molecule has 8 heteroatoms. The molecule has 0 amide bonds. The van der Waals surface area contributed by atoms with Crippen LogP contribution in [0.1, 0.15) is 22.4 Å². The summed E-state index contributed by atoms with van der Waals surface area (Å²) in [5.41, 5.74) is 9.12. The number of benzene rings is 2. The van der Waals surface area contributed by atoms with Gasteiger partial charge in [-0.05, 0) is 47.9 Å². The highest BCUT2D eigenvalue weighted by Gasteiger charge is 2.33. The van der Waals surface area contributed by atoms with Gasteiger partial charge in [-0.3, -0.25) is 0 Å². The van der Waals surface area contributed by atoms with E-state index in [2.05, 4.69) is 15.6 Å². The maximum absolute atomic E-state index is 13.3. The lowest BCUT2D eigenvalue weighted by Crippen LogP contribution is -2.20. The number of anilines is 2. The van der Waals surface area contributed by atoms with Crippen LogP contribution in [0.5, 0.6) is 0 Å². The molecular formula is C23H20F4N4. The van der Waals surface area contributed by atoms with Gasteiger partial charge in [0.25, 0.3) is 0 Å². The van der Waals surface area contributed by atoms with Gasteiger partial charge in [-0.15, -0.1) is 0 Å². The number of halogens is 4. The van der Waals surface area contributed by atoms with Crippen LogP contribution in [0, 0.1) is 5.82 Å². The van der Waals surface area contributed by atoms with E-state index < -0.39 is 11.9 Å². The van der Waals surface area contributed by atoms with E-state index in [1.165, 1.54) is 18.2 Å². The summed E-state index contributed by atoms with van der Waals surface area (Å²) in [5.74, 6) is 0.143. The van der Waals surface area contributed by atoms with Gasteiger partial charge in [0.15, 0.2) is 0 Å². The van der Waals surface area contributed by atoms with Crippen molar-refractivity contribution in [2.45, 2.75) is 19.0 Å². The number of alkyl halides is 3. The van der Waals surface area contributed by atoms with Crippen molar-refractivity contribution in [3.05, 3.63) is 94.7 Å². The summed E-state index contributed by atoms with van der Waals surface area (Å²) in [6, 6.07) is 15.9. The van der Waals surface area contributed by atoms with Gasteiger partial charge in [0.05, 0.1) is 0 Å². The molecule has 1 aliphatic rings. The normalized spacial score (nSPS) is 13.5. The van der Waals surface area contributed by atoms with E-state index in [1.54, 1.807) is 12.1 Å². The van der Waals surface area contributed by atoms with Crippen LogP contribution in [0.2, 0.25) is 0 Å². The van der Waals surface area contributed by atoms with E-state index in [-0.39, 0.29) is 11.6 Å². The molecule has 0 unspecified atom stereocenters. The highest BCUT2D eigenvalue weighted by Crippen LogP contribution is 2.36. The Balaban J connectivity index is 1.63. The first-order valence-electron chi connectivity index (χ1n) is 9.72. The molecule has 1 aliphatic heterocycles. The summed E-state index contributed by atoms with van der Waals surface area (Å²) in [6.07, 6.45) is -3.61. The van der Waals surface area contributed by atoms with E-state index in [0.29, 0.717) is 36.3 Å². The molecule has 0 fully saturated rings. The Morgan fingerprint density at radius 2 is 1.74 bits per heavy atom. The molecule has 4 nitrogen and oxygen atoms in total. The summed E-state index contributed by atoms with van der Waals surface area (Å²) < 4.78 is 52.9. The van der Waals surface area contributed by atoms with Crippen LogP contribution in [-0.2, 0) is 19.0 Å². The van der Waals surface area contributed by atoms with Gasteiger partial charge in [0.2, 0.25) is 0 Å². The lowest BCUT2D eigenvalue weighted by Gasteiger charge is -2.24. The minimum atomic E-state index is -4.57. The second-order valence-electron chi connectivity index (χ2n) is 7.24. The van der Waals surface area contributed by atoms with Gasteiger partial charge in [0.1, 0.15) is 23.1 Å². The molecule has 0 bridgehead atoms. The SMILES string of the molecule is NC1=C(c2ccc(C(F)(F)F)nc2NCCc2ccc(F)cc2)Cc2ccccc2N1. The van der Waals surface area contributed by atoms with Crippen LogP contribution in [0.3, 0.4) is 0 Å². The maximum atomic E-state index is 13.3. The van der Waals surface area contributed by atoms with Gasteiger partial charge < -0.3 is 16.4 Å². The third kappa shape index (κ3) is 4.63. The van der Waals surface area contributed by atoms with Gasteiger partial charge >= 0.3 is 6.18 Å². The number of nitrogens with zero attached hydrogens (tertiary/aromatic N) is 1. The average molecular weight is 428 g/mol. The monoisotopic (exact) mass is 428 g/mol. The quantitative estimate of drug-likeness (QED) is 0.490. The summed E-state index contributed by atoms with van der Waals surface area (Å²) in [4.78, 5) is 3.84. The predicted molar refractivity (Wildman–Crippen MR) is 113 cm³/mol. The largest absolute Gasteiger partial charge is 0.433 e. The lowest BCUT2D eigenvalue weighted by atomic mass is 9.94. The van der Waals surface area contributed by atoms with Crippen LogP contribution in [0.15, 0.2) is 66.5 Å². The Kier molecular flexibility index (Phi) is 5.54. The summed E-state index contributed by atoms with van der Waals surface area (Å²) >= 11 is 0. The number of rotatable bonds is 5. The highest BCUT2D eigenvalue weighted by atomic mass is 19.4. The van der Waals surface area contributed by atoms with Crippen molar-refractivity contribution in [3.63, 3.8) is 0 Å². The molecule has 0 radical (unpaired) electrons. The molecular weight excluding hydrogens is 408 g/mol. The van der Waals surface area contributed by atoms with Crippen molar-refractivity contribution in [1.82, 2.24) is 4.98 Å². The first-order chi connectivity index (χ1) is 14.8. The number of nitrogens with two attached hydrogens (primary N) is 1. The fourth-order valence-corrected chi connectivity index (χ4v) is 3.51. The Morgan fingerprint density at radius 3 is 2.48 bits per heavy atom. The number of nitrogens with one attached hydrogen (secondary N) is 2. The van der Waals surface area contributed by atoms with E-state index in [1.807, 2.05) is 24.3 Å². The third-order valence-corrected chi connectivity index (χ3v) is 5.11. The van der Waals surface area contributed by atoms with Crippen molar-refractivity contribution in [1.29, 1.82) is 0 Å². The van der Waals surface area contributed by atoms with Gasteiger partial charge in [0, 0.05) is 29.8 Å². The minimum Gasteiger partial charge on any atom is -0.385 e. The Bertz CT molecular complexity index is 1120. The molecule has 0 aliphatic carbocycles. The Morgan fingerprint density at radius 1 is 1.00 bits per heavy atom. The summed E-state index contributed by atoms with van der Waals surface area (Å²) in [7, 11) is 0. The number of fused-ring (bicyclic) bond motifs is 1. The Labute approximate surface area is 176 Å².